The molecule has 2 aromatic carbocycles. The molecule has 43 heavy (non-hydrogen) atoms. The molecule has 1 N–H and O–H groups in total. The van der Waals surface area contributed by atoms with Crippen LogP contribution in [-0.4, -0.2) is 64.6 Å². The molecule has 2 aromatic rings. The Hall–Kier alpha value is -3.80. The zero-order valence-electron chi connectivity index (χ0n) is 23.5. The van der Waals surface area contributed by atoms with Crippen LogP contribution in [0.3, 0.4) is 0 Å². The number of ketones is 1. The monoisotopic (exact) mass is 660 g/mol. The zero-order valence-corrected chi connectivity index (χ0v) is 25.0. The standard InChI is InChI=1S/C31H28BrF3N2O6/c1-28-20(17-11-6-4-7-12-17)21(18-13-8-5-9-14-18)29(2,25(28)40)30(32)22(28)23(38)37(27(30)42)16-10-15-19(24(39)43-3)36-26(41)31(33,34)35/h4-9,11-14,19,22H,10,15-16H2,1-3H3,(H,36,41)/t19-,22?,28?,29?,30?/m0/s1. The highest BCUT2D eigenvalue weighted by Crippen LogP contribution is 2.77. The molecule has 2 fully saturated rings. The number of halogens is 4. The van der Waals surface area contributed by atoms with Gasteiger partial charge in [-0.25, -0.2) is 4.79 Å². The van der Waals surface area contributed by atoms with Crippen molar-refractivity contribution in [1.82, 2.24) is 10.2 Å². The van der Waals surface area contributed by atoms with Gasteiger partial charge in [0.1, 0.15) is 10.4 Å². The molecule has 1 saturated carbocycles. The van der Waals surface area contributed by atoms with Crippen LogP contribution in [0.1, 0.15) is 37.8 Å². The van der Waals surface area contributed by atoms with Gasteiger partial charge in [0.15, 0.2) is 5.78 Å². The topological polar surface area (TPSA) is 110 Å². The van der Waals surface area contributed by atoms with Gasteiger partial charge < -0.3 is 10.1 Å². The molecule has 1 heterocycles. The maximum absolute atomic E-state index is 14.4. The first-order valence-electron chi connectivity index (χ1n) is 13.6. The fourth-order valence-electron chi connectivity index (χ4n) is 7.16. The van der Waals surface area contributed by atoms with E-state index >= 15 is 0 Å². The lowest BCUT2D eigenvalue weighted by Crippen LogP contribution is -2.50. The van der Waals surface area contributed by atoms with Gasteiger partial charge in [0.25, 0.3) is 0 Å². The molecule has 4 unspecified atom stereocenters. The Morgan fingerprint density at radius 2 is 1.51 bits per heavy atom. The van der Waals surface area contributed by atoms with E-state index in [1.54, 1.807) is 19.2 Å². The molecule has 2 bridgehead atoms. The summed E-state index contributed by atoms with van der Waals surface area (Å²) in [5, 5.41) is 1.61. The normalized spacial score (nSPS) is 28.8. The average molecular weight is 661 g/mol. The molecule has 0 aromatic heterocycles. The largest absolute Gasteiger partial charge is 0.471 e. The van der Waals surface area contributed by atoms with Crippen molar-refractivity contribution in [3.63, 3.8) is 0 Å². The maximum atomic E-state index is 14.4. The molecule has 12 heteroatoms. The van der Waals surface area contributed by atoms with Crippen LogP contribution in [0.2, 0.25) is 0 Å². The number of carbonyl (C=O) groups excluding carboxylic acids is 5. The number of methoxy groups -OCH3 is 1. The number of nitrogens with zero attached hydrogens (tertiary/aromatic N) is 1. The molecule has 2 aliphatic carbocycles. The van der Waals surface area contributed by atoms with Crippen molar-refractivity contribution in [3.05, 3.63) is 71.8 Å². The number of hydrogen-bond acceptors (Lipinski definition) is 6. The number of imide groups is 1. The highest BCUT2D eigenvalue weighted by molar-refractivity contribution is 9.10. The summed E-state index contributed by atoms with van der Waals surface area (Å²) in [5.41, 5.74) is -0.0512. The van der Waals surface area contributed by atoms with E-state index in [1.807, 2.05) is 60.7 Å². The third-order valence-electron chi connectivity index (χ3n) is 9.02. The van der Waals surface area contributed by atoms with Crippen molar-refractivity contribution in [3.8, 4) is 0 Å². The predicted octanol–water partition coefficient (Wildman–Crippen LogP) is 4.33. The highest BCUT2D eigenvalue weighted by atomic mass is 79.9. The molecule has 3 amide bonds. The number of likely N-dealkylation sites (tertiary alicyclic amines) is 1. The minimum atomic E-state index is -5.22. The summed E-state index contributed by atoms with van der Waals surface area (Å²) in [6.07, 6.45) is -5.66. The number of nitrogens with one attached hydrogen (secondary N) is 1. The van der Waals surface area contributed by atoms with Crippen molar-refractivity contribution in [1.29, 1.82) is 0 Å². The van der Waals surface area contributed by atoms with Crippen LogP contribution in [0.5, 0.6) is 0 Å². The Morgan fingerprint density at radius 1 is 0.977 bits per heavy atom. The van der Waals surface area contributed by atoms with Gasteiger partial charge >= 0.3 is 18.1 Å². The van der Waals surface area contributed by atoms with Crippen molar-refractivity contribution in [2.45, 2.75) is 43.2 Å². The number of allylic oxidation sites excluding steroid dienone is 2. The van der Waals surface area contributed by atoms with E-state index in [2.05, 4.69) is 20.7 Å². The van der Waals surface area contributed by atoms with Gasteiger partial charge in [0.2, 0.25) is 11.8 Å². The number of rotatable bonds is 8. The average Bonchev–Trinajstić information content (AvgIpc) is 3.36. The lowest BCUT2D eigenvalue weighted by molar-refractivity contribution is -0.175. The fourth-order valence-corrected chi connectivity index (χ4v) is 8.40. The molecular weight excluding hydrogens is 633 g/mol. The Labute approximate surface area is 253 Å². The van der Waals surface area contributed by atoms with Crippen LogP contribution in [0.15, 0.2) is 60.7 Å². The molecule has 5 rings (SSSR count). The predicted molar refractivity (Wildman–Crippen MR) is 152 cm³/mol. The van der Waals surface area contributed by atoms with E-state index in [4.69, 9.17) is 0 Å². The van der Waals surface area contributed by atoms with Crippen LogP contribution >= 0.6 is 15.9 Å². The maximum Gasteiger partial charge on any atom is 0.471 e. The van der Waals surface area contributed by atoms with Crippen LogP contribution in [0, 0.1) is 16.7 Å². The van der Waals surface area contributed by atoms with Crippen molar-refractivity contribution < 1.29 is 41.9 Å². The van der Waals surface area contributed by atoms with E-state index in [-0.39, 0.29) is 25.2 Å². The fraction of sp³-hybridized carbons (Fsp3) is 0.387. The first kappa shape index (κ1) is 30.7. The number of amides is 3. The van der Waals surface area contributed by atoms with Gasteiger partial charge in [-0.3, -0.25) is 24.1 Å². The van der Waals surface area contributed by atoms with Gasteiger partial charge in [-0.1, -0.05) is 76.6 Å². The van der Waals surface area contributed by atoms with Crippen LogP contribution < -0.4 is 5.32 Å². The molecule has 1 aliphatic heterocycles. The number of alkyl halides is 4. The first-order valence-corrected chi connectivity index (χ1v) is 14.4. The molecule has 8 nitrogen and oxygen atoms in total. The quantitative estimate of drug-likeness (QED) is 0.257. The van der Waals surface area contributed by atoms with Crippen molar-refractivity contribution in [2.75, 3.05) is 13.7 Å². The molecule has 5 atom stereocenters. The number of Topliss-reactive ketones (excluding diaryl/α,β-unsaturated/α-hetero) is 1. The second-order valence-electron chi connectivity index (χ2n) is 11.3. The minimum Gasteiger partial charge on any atom is -0.467 e. The number of ether oxygens (including phenoxy) is 1. The summed E-state index contributed by atoms with van der Waals surface area (Å²) in [6, 6.07) is 16.8. The van der Waals surface area contributed by atoms with E-state index < -0.39 is 57.0 Å². The second kappa shape index (κ2) is 10.4. The second-order valence-corrected chi connectivity index (χ2v) is 12.5. The molecule has 1 saturated heterocycles. The van der Waals surface area contributed by atoms with Crippen LogP contribution in [-0.2, 0) is 28.7 Å². The van der Waals surface area contributed by atoms with E-state index in [9.17, 15) is 37.1 Å². The molecule has 3 aliphatic rings. The van der Waals surface area contributed by atoms with Gasteiger partial charge in [-0.05, 0) is 49.0 Å². The Morgan fingerprint density at radius 3 is 2.02 bits per heavy atom. The summed E-state index contributed by atoms with van der Waals surface area (Å²) < 4.78 is 41.3. The number of carbonyl (C=O) groups is 5. The Bertz CT molecular complexity index is 1560. The van der Waals surface area contributed by atoms with Gasteiger partial charge in [-0.15, -0.1) is 0 Å². The third-order valence-corrected chi connectivity index (χ3v) is 10.6. The molecule has 0 radical (unpaired) electrons. The number of fused-ring (bicyclic) bond motifs is 5. The number of hydrogen-bond donors (Lipinski definition) is 1. The number of esters is 1. The summed E-state index contributed by atoms with van der Waals surface area (Å²) in [6.45, 7) is 3.11. The van der Waals surface area contributed by atoms with E-state index in [0.29, 0.717) is 11.1 Å². The van der Waals surface area contributed by atoms with Crippen LogP contribution in [0.25, 0.3) is 11.1 Å². The van der Waals surface area contributed by atoms with E-state index in [1.165, 1.54) is 0 Å². The first-order chi connectivity index (χ1) is 20.2. The third kappa shape index (κ3) is 4.20. The SMILES string of the molecule is COC(=O)[C@H](CCCN1C(=O)C2C3(C)C(=O)C(C)(C(c4ccccc4)=C3c3ccccc3)C2(Br)C1=O)NC(=O)C(F)(F)F. The minimum absolute atomic E-state index is 0.114. The van der Waals surface area contributed by atoms with Crippen LogP contribution in [0.4, 0.5) is 13.2 Å². The zero-order chi connectivity index (χ0) is 31.5. The van der Waals surface area contributed by atoms with Gasteiger partial charge in [-0.2, -0.15) is 13.2 Å². The summed E-state index contributed by atoms with van der Waals surface area (Å²) >= 11 is 3.63. The summed E-state index contributed by atoms with van der Waals surface area (Å²) in [4.78, 5) is 67.2. The summed E-state index contributed by atoms with van der Waals surface area (Å²) in [5.74, 6) is -6.02. The summed E-state index contributed by atoms with van der Waals surface area (Å²) in [7, 11) is 0.966. The van der Waals surface area contributed by atoms with Gasteiger partial charge in [0, 0.05) is 6.54 Å². The van der Waals surface area contributed by atoms with Crippen molar-refractivity contribution in [2.24, 2.45) is 16.7 Å². The Balaban J connectivity index is 1.51. The molecule has 0 spiro atoms. The molecular formula is C31H28BrF3N2O6. The lowest BCUT2D eigenvalue weighted by Gasteiger charge is -2.41. The smallest absolute Gasteiger partial charge is 0.467 e. The highest BCUT2D eigenvalue weighted by Gasteiger charge is 2.85. The lowest BCUT2D eigenvalue weighted by atomic mass is 9.63. The van der Waals surface area contributed by atoms with Crippen molar-refractivity contribution >= 4 is 56.6 Å². The van der Waals surface area contributed by atoms with E-state index in [0.717, 1.165) is 23.1 Å². The van der Waals surface area contributed by atoms with Gasteiger partial charge in [0.05, 0.1) is 23.9 Å². The molecule has 226 valence electrons. The Kier molecular flexibility index (Phi) is 7.43. The number of benzene rings is 2.